The first-order chi connectivity index (χ1) is 14.6. The largest absolute Gasteiger partial charge is 0.332 e. The molecule has 2 N–H and O–H groups in total. The molecule has 0 saturated carbocycles. The molecule has 0 unspecified atom stereocenters. The van der Waals surface area contributed by atoms with Gasteiger partial charge in [0.25, 0.3) is 0 Å². The summed E-state index contributed by atoms with van der Waals surface area (Å²) in [4.78, 5) is -0.413. The van der Waals surface area contributed by atoms with E-state index in [0.717, 1.165) is 5.56 Å². The lowest BCUT2D eigenvalue weighted by Crippen LogP contribution is -2.19. The molecule has 1 atom stereocenters. The van der Waals surface area contributed by atoms with Crippen LogP contribution in [0.2, 0.25) is 0 Å². The molecule has 1 aliphatic heterocycles. The molecule has 10 heteroatoms. The molecule has 0 fully saturated rings. The van der Waals surface area contributed by atoms with Gasteiger partial charge in [-0.25, -0.2) is 13.6 Å². The Bertz CT molecular complexity index is 1340. The highest BCUT2D eigenvalue weighted by Crippen LogP contribution is 2.37. The highest BCUT2D eigenvalue weighted by molar-refractivity contribution is 7.89. The molecule has 3 aromatic rings. The van der Waals surface area contributed by atoms with Gasteiger partial charge >= 0.3 is 10.2 Å². The second-order valence-corrected chi connectivity index (χ2v) is 9.93. The quantitative estimate of drug-likeness (QED) is 0.589. The Morgan fingerprint density at radius 2 is 1.42 bits per heavy atom. The Morgan fingerprint density at radius 1 is 0.839 bits per heavy atom. The number of nitrogens with two attached hydrogens (primary N) is 1. The SMILES string of the molecule is NS(=O)(=O)c1ccc(N2N=C(c3ccc(S(=O)(=O)F)cc3)C[C@H]2c2ccccc2)cc1. The van der Waals surface area contributed by atoms with E-state index in [9.17, 15) is 20.7 Å². The Labute approximate surface area is 179 Å². The number of halogens is 1. The second-order valence-electron chi connectivity index (χ2n) is 7.02. The number of primary sulfonamides is 1. The van der Waals surface area contributed by atoms with Crippen LogP contribution in [0.15, 0.2) is 93.8 Å². The van der Waals surface area contributed by atoms with Crippen LogP contribution in [-0.4, -0.2) is 22.5 Å². The maximum absolute atomic E-state index is 13.2. The van der Waals surface area contributed by atoms with Crippen LogP contribution in [-0.2, 0) is 20.2 Å². The predicted octanol–water partition coefficient (Wildman–Crippen LogP) is 3.35. The first-order valence-electron chi connectivity index (χ1n) is 9.22. The monoisotopic (exact) mass is 459 g/mol. The first kappa shape index (κ1) is 21.2. The van der Waals surface area contributed by atoms with Crippen LogP contribution >= 0.6 is 0 Å². The number of sulfonamides is 1. The highest BCUT2D eigenvalue weighted by Gasteiger charge is 2.30. The van der Waals surface area contributed by atoms with Crippen LogP contribution in [0, 0.1) is 0 Å². The van der Waals surface area contributed by atoms with Crippen molar-refractivity contribution in [2.45, 2.75) is 22.3 Å². The van der Waals surface area contributed by atoms with Crippen molar-refractivity contribution >= 4 is 31.6 Å². The van der Waals surface area contributed by atoms with Crippen molar-refractivity contribution in [3.05, 3.63) is 90.0 Å². The fraction of sp³-hybridized carbons (Fsp3) is 0.0952. The molecule has 0 spiro atoms. The third kappa shape index (κ3) is 4.50. The van der Waals surface area contributed by atoms with Gasteiger partial charge in [-0.1, -0.05) is 42.5 Å². The van der Waals surface area contributed by atoms with Crippen molar-refractivity contribution in [3.63, 3.8) is 0 Å². The number of benzene rings is 3. The summed E-state index contributed by atoms with van der Waals surface area (Å²) in [5.41, 5.74) is 3.02. The zero-order valence-electron chi connectivity index (χ0n) is 16.1. The van der Waals surface area contributed by atoms with Crippen LogP contribution in [0.1, 0.15) is 23.6 Å². The second kappa shape index (κ2) is 7.88. The minimum atomic E-state index is -4.78. The number of rotatable bonds is 5. The summed E-state index contributed by atoms with van der Waals surface area (Å²) < 4.78 is 58.5. The topological polar surface area (TPSA) is 110 Å². The minimum absolute atomic E-state index is 0.000989. The Morgan fingerprint density at radius 3 is 1.97 bits per heavy atom. The molecule has 0 bridgehead atoms. The third-order valence-corrected chi connectivity index (χ3v) is 6.76. The van der Waals surface area contributed by atoms with E-state index in [4.69, 9.17) is 10.2 Å². The van der Waals surface area contributed by atoms with Crippen molar-refractivity contribution in [2.75, 3.05) is 5.01 Å². The standard InChI is InChI=1S/C21H18FN3O4S2/c22-30(26,27)18-10-6-15(7-11-18)20-14-21(16-4-2-1-3-5-16)25(24-20)17-8-12-19(13-9-17)31(23,28)29/h1-13,21H,14H2,(H2,23,28,29)/t21-/m0/s1. The zero-order valence-corrected chi connectivity index (χ0v) is 17.7. The molecule has 160 valence electrons. The van der Waals surface area contributed by atoms with E-state index in [1.54, 1.807) is 17.1 Å². The molecule has 7 nitrogen and oxygen atoms in total. The van der Waals surface area contributed by atoms with E-state index < -0.39 is 25.1 Å². The molecule has 0 saturated heterocycles. The van der Waals surface area contributed by atoms with Gasteiger partial charge in [0, 0.05) is 6.42 Å². The van der Waals surface area contributed by atoms with Crippen molar-refractivity contribution in [1.29, 1.82) is 0 Å². The third-order valence-electron chi connectivity index (χ3n) is 4.99. The number of hydrazone groups is 1. The molecule has 4 rings (SSSR count). The minimum Gasteiger partial charge on any atom is -0.257 e. The fourth-order valence-electron chi connectivity index (χ4n) is 3.46. The van der Waals surface area contributed by atoms with E-state index in [1.165, 1.54) is 36.4 Å². The molecular weight excluding hydrogens is 441 g/mol. The van der Waals surface area contributed by atoms with E-state index >= 15 is 0 Å². The summed E-state index contributed by atoms with van der Waals surface area (Å²) in [6, 6.07) is 21.0. The van der Waals surface area contributed by atoms with E-state index in [0.29, 0.717) is 23.4 Å². The van der Waals surface area contributed by atoms with E-state index in [-0.39, 0.29) is 10.9 Å². The summed E-state index contributed by atoms with van der Waals surface area (Å²) in [5, 5.41) is 11.7. The van der Waals surface area contributed by atoms with E-state index in [1.807, 2.05) is 30.3 Å². The number of hydrogen-bond donors (Lipinski definition) is 1. The van der Waals surface area contributed by atoms with Crippen LogP contribution in [0.4, 0.5) is 9.57 Å². The number of nitrogens with zero attached hydrogens (tertiary/aromatic N) is 2. The van der Waals surface area contributed by atoms with Crippen LogP contribution in [0.5, 0.6) is 0 Å². The molecule has 31 heavy (non-hydrogen) atoms. The van der Waals surface area contributed by atoms with Crippen molar-refractivity contribution in [2.24, 2.45) is 10.2 Å². The van der Waals surface area contributed by atoms with Gasteiger partial charge in [0.2, 0.25) is 10.0 Å². The highest BCUT2D eigenvalue weighted by atomic mass is 32.3. The Hall–Kier alpha value is -3.08. The molecule has 1 heterocycles. The molecule has 0 aliphatic carbocycles. The van der Waals surface area contributed by atoms with Gasteiger partial charge in [-0.05, 0) is 47.5 Å². The summed E-state index contributed by atoms with van der Waals surface area (Å²) in [7, 11) is -8.59. The maximum Gasteiger partial charge on any atom is 0.332 e. The lowest BCUT2D eigenvalue weighted by molar-refractivity contribution is 0.552. The summed E-state index contributed by atoms with van der Waals surface area (Å²) in [6.45, 7) is 0. The molecule has 1 aliphatic rings. The van der Waals surface area contributed by atoms with Gasteiger partial charge in [-0.2, -0.15) is 13.5 Å². The molecule has 0 radical (unpaired) electrons. The average Bonchev–Trinajstić information content (AvgIpc) is 3.19. The predicted molar refractivity (Wildman–Crippen MR) is 115 cm³/mol. The van der Waals surface area contributed by atoms with Crippen LogP contribution in [0.25, 0.3) is 0 Å². The van der Waals surface area contributed by atoms with Gasteiger partial charge in [-0.3, -0.25) is 5.01 Å². The van der Waals surface area contributed by atoms with Crippen LogP contribution in [0.3, 0.4) is 0 Å². The van der Waals surface area contributed by atoms with Gasteiger partial charge in [0.05, 0.1) is 27.2 Å². The van der Waals surface area contributed by atoms with Gasteiger partial charge < -0.3 is 0 Å². The lowest BCUT2D eigenvalue weighted by Gasteiger charge is -2.24. The normalized spacial score (nSPS) is 16.9. The van der Waals surface area contributed by atoms with Gasteiger partial charge in [0.1, 0.15) is 0 Å². The maximum atomic E-state index is 13.2. The molecule has 3 aromatic carbocycles. The van der Waals surface area contributed by atoms with E-state index in [2.05, 4.69) is 0 Å². The molecular formula is C21H18FN3O4S2. The Kier molecular flexibility index (Phi) is 5.38. The summed E-state index contributed by atoms with van der Waals surface area (Å²) in [6.07, 6.45) is 0.517. The van der Waals surface area contributed by atoms with Gasteiger partial charge in [0.15, 0.2) is 0 Å². The average molecular weight is 460 g/mol. The lowest BCUT2D eigenvalue weighted by atomic mass is 9.98. The van der Waals surface area contributed by atoms with Crippen molar-refractivity contribution < 1.29 is 20.7 Å². The van der Waals surface area contributed by atoms with Crippen molar-refractivity contribution in [1.82, 2.24) is 0 Å². The fourth-order valence-corrected chi connectivity index (χ4v) is 4.43. The number of anilines is 1. The summed E-state index contributed by atoms with van der Waals surface area (Å²) >= 11 is 0. The summed E-state index contributed by atoms with van der Waals surface area (Å²) in [5.74, 6) is 0. The van der Waals surface area contributed by atoms with Gasteiger partial charge in [-0.15, -0.1) is 3.89 Å². The first-order valence-corrected chi connectivity index (χ1v) is 12.2. The zero-order chi connectivity index (χ0) is 22.2. The van der Waals surface area contributed by atoms with Crippen molar-refractivity contribution in [3.8, 4) is 0 Å². The molecule has 0 amide bonds. The molecule has 0 aromatic heterocycles. The van der Waals surface area contributed by atoms with Crippen LogP contribution < -0.4 is 10.1 Å². The Balaban J connectivity index is 1.73. The smallest absolute Gasteiger partial charge is 0.257 e. The number of hydrogen-bond acceptors (Lipinski definition) is 6.